The van der Waals surface area contributed by atoms with Gasteiger partial charge in [-0.05, 0) is 52.3 Å². The fourth-order valence-corrected chi connectivity index (χ4v) is 3.71. The first-order valence-corrected chi connectivity index (χ1v) is 10.9. The molecular weight excluding hydrogens is 414 g/mol. The third kappa shape index (κ3) is 5.77. The number of Topliss-reactive ketones (excluding diaryl/α,β-unsaturated/α-hetero) is 1. The van der Waals surface area contributed by atoms with E-state index in [0.29, 0.717) is 49.6 Å². The first-order valence-electron chi connectivity index (χ1n) is 10.9. The van der Waals surface area contributed by atoms with E-state index in [1.54, 1.807) is 28.0 Å². The molecule has 0 N–H and O–H groups in total. The van der Waals surface area contributed by atoms with Gasteiger partial charge in [0, 0.05) is 44.7 Å². The third-order valence-electron chi connectivity index (χ3n) is 5.36. The Morgan fingerprint density at radius 2 is 1.75 bits per heavy atom. The highest BCUT2D eigenvalue weighted by Gasteiger charge is 2.29. The SMILES string of the molecule is CC(=O)c1ccc2c(c1)N(CCC(=O)N1CCCN(C(=O)OC(C)(C)C)CC1)C(=O)CO2. The topological polar surface area (TPSA) is 96.5 Å². The van der Waals surface area contributed by atoms with Gasteiger partial charge < -0.3 is 24.2 Å². The number of amides is 3. The zero-order valence-corrected chi connectivity index (χ0v) is 19.2. The molecule has 0 unspecified atom stereocenters. The van der Waals surface area contributed by atoms with Crippen LogP contribution in [-0.2, 0) is 14.3 Å². The highest BCUT2D eigenvalue weighted by Crippen LogP contribution is 2.33. The molecule has 0 aromatic heterocycles. The van der Waals surface area contributed by atoms with Crippen LogP contribution in [0, 0.1) is 0 Å². The predicted molar refractivity (Wildman–Crippen MR) is 118 cm³/mol. The van der Waals surface area contributed by atoms with E-state index in [9.17, 15) is 19.2 Å². The Morgan fingerprint density at radius 1 is 1.06 bits per heavy atom. The van der Waals surface area contributed by atoms with Gasteiger partial charge in [0.15, 0.2) is 12.4 Å². The normalized spacial score (nSPS) is 16.8. The number of rotatable bonds is 4. The minimum atomic E-state index is -0.567. The summed E-state index contributed by atoms with van der Waals surface area (Å²) in [5.41, 5.74) is 0.420. The zero-order valence-electron chi connectivity index (χ0n) is 19.2. The Bertz CT molecular complexity index is 907. The van der Waals surface area contributed by atoms with Crippen molar-refractivity contribution in [1.82, 2.24) is 9.80 Å². The first kappa shape index (κ1) is 23.6. The summed E-state index contributed by atoms with van der Waals surface area (Å²) in [4.78, 5) is 54.2. The maximum atomic E-state index is 12.9. The number of fused-ring (bicyclic) bond motifs is 1. The standard InChI is InChI=1S/C23H31N3O6/c1-16(27)17-6-7-19-18(14-17)26(21(29)15-31-19)11-8-20(28)24-9-5-10-25(13-12-24)22(30)32-23(2,3)4/h6-7,14H,5,8-13,15H2,1-4H3. The predicted octanol–water partition coefficient (Wildman–Crippen LogP) is 2.47. The molecule has 3 rings (SSSR count). The van der Waals surface area contributed by atoms with Crippen LogP contribution < -0.4 is 9.64 Å². The molecule has 0 bridgehead atoms. The van der Waals surface area contributed by atoms with Crippen molar-refractivity contribution in [3.63, 3.8) is 0 Å². The van der Waals surface area contributed by atoms with Gasteiger partial charge in [-0.15, -0.1) is 0 Å². The number of benzene rings is 1. The van der Waals surface area contributed by atoms with Crippen molar-refractivity contribution in [2.24, 2.45) is 0 Å². The smallest absolute Gasteiger partial charge is 0.410 e. The van der Waals surface area contributed by atoms with Crippen molar-refractivity contribution in [3.05, 3.63) is 23.8 Å². The first-order chi connectivity index (χ1) is 15.0. The molecule has 9 heteroatoms. The summed E-state index contributed by atoms with van der Waals surface area (Å²) >= 11 is 0. The Labute approximate surface area is 188 Å². The Balaban J connectivity index is 1.60. The summed E-state index contributed by atoms with van der Waals surface area (Å²) in [6.45, 7) is 8.91. The van der Waals surface area contributed by atoms with Crippen molar-refractivity contribution in [2.75, 3.05) is 44.2 Å². The van der Waals surface area contributed by atoms with Crippen LogP contribution in [0.25, 0.3) is 0 Å². The van der Waals surface area contributed by atoms with Crippen LogP contribution in [0.3, 0.4) is 0 Å². The number of anilines is 1. The highest BCUT2D eigenvalue weighted by molar-refractivity contribution is 6.01. The van der Waals surface area contributed by atoms with Crippen molar-refractivity contribution in [1.29, 1.82) is 0 Å². The van der Waals surface area contributed by atoms with Crippen molar-refractivity contribution < 1.29 is 28.7 Å². The van der Waals surface area contributed by atoms with Crippen molar-refractivity contribution in [3.8, 4) is 5.75 Å². The van der Waals surface area contributed by atoms with Crippen LogP contribution in [0.5, 0.6) is 5.75 Å². The fraction of sp³-hybridized carbons (Fsp3) is 0.565. The lowest BCUT2D eigenvalue weighted by Crippen LogP contribution is -2.43. The number of nitrogens with zero attached hydrogens (tertiary/aromatic N) is 3. The van der Waals surface area contributed by atoms with Crippen LogP contribution in [0.2, 0.25) is 0 Å². The number of ketones is 1. The molecule has 32 heavy (non-hydrogen) atoms. The van der Waals surface area contributed by atoms with Crippen LogP contribution in [-0.4, -0.2) is 78.4 Å². The molecule has 1 saturated heterocycles. The summed E-state index contributed by atoms with van der Waals surface area (Å²) in [5, 5.41) is 0. The molecule has 1 aromatic rings. The molecule has 9 nitrogen and oxygen atoms in total. The Kier molecular flexibility index (Phi) is 7.06. The number of carbonyl (C=O) groups is 4. The van der Waals surface area contributed by atoms with Crippen LogP contribution in [0.4, 0.5) is 10.5 Å². The van der Waals surface area contributed by atoms with E-state index in [4.69, 9.17) is 9.47 Å². The summed E-state index contributed by atoms with van der Waals surface area (Å²) in [6, 6.07) is 4.96. The van der Waals surface area contributed by atoms with Gasteiger partial charge in [-0.1, -0.05) is 0 Å². The van der Waals surface area contributed by atoms with Gasteiger partial charge in [0.2, 0.25) is 5.91 Å². The van der Waals surface area contributed by atoms with Crippen molar-refractivity contribution >= 4 is 29.4 Å². The average molecular weight is 446 g/mol. The van der Waals surface area contributed by atoms with E-state index < -0.39 is 5.60 Å². The summed E-state index contributed by atoms with van der Waals surface area (Å²) in [6.07, 6.45) is 0.428. The lowest BCUT2D eigenvalue weighted by molar-refractivity contribution is -0.131. The largest absolute Gasteiger partial charge is 0.482 e. The lowest BCUT2D eigenvalue weighted by atomic mass is 10.1. The lowest BCUT2D eigenvalue weighted by Gasteiger charge is -2.30. The Hall–Kier alpha value is -3.10. The molecule has 2 aliphatic rings. The van der Waals surface area contributed by atoms with Crippen molar-refractivity contribution in [2.45, 2.75) is 46.1 Å². The molecule has 2 heterocycles. The van der Waals surface area contributed by atoms with E-state index in [1.807, 2.05) is 20.8 Å². The monoisotopic (exact) mass is 445 g/mol. The number of hydrogen-bond acceptors (Lipinski definition) is 6. The van der Waals surface area contributed by atoms with E-state index >= 15 is 0 Å². The van der Waals surface area contributed by atoms with Gasteiger partial charge >= 0.3 is 6.09 Å². The van der Waals surface area contributed by atoms with E-state index in [0.717, 1.165) is 0 Å². The van der Waals surface area contributed by atoms with Crippen LogP contribution in [0.15, 0.2) is 18.2 Å². The quantitative estimate of drug-likeness (QED) is 0.661. The summed E-state index contributed by atoms with van der Waals surface area (Å²) in [7, 11) is 0. The van der Waals surface area contributed by atoms with Gasteiger partial charge in [0.25, 0.3) is 5.91 Å². The molecule has 1 aromatic carbocycles. The highest BCUT2D eigenvalue weighted by atomic mass is 16.6. The van der Waals surface area contributed by atoms with Gasteiger partial charge in [-0.2, -0.15) is 0 Å². The number of ether oxygens (including phenoxy) is 2. The number of carbonyl (C=O) groups excluding carboxylic acids is 4. The second-order valence-corrected chi connectivity index (χ2v) is 9.02. The molecule has 0 radical (unpaired) electrons. The molecule has 0 aliphatic carbocycles. The Morgan fingerprint density at radius 3 is 2.44 bits per heavy atom. The third-order valence-corrected chi connectivity index (χ3v) is 5.36. The maximum Gasteiger partial charge on any atom is 0.410 e. The molecule has 0 spiro atoms. The molecule has 1 fully saturated rings. The maximum absolute atomic E-state index is 12.9. The molecule has 2 aliphatic heterocycles. The van der Waals surface area contributed by atoms with Gasteiger partial charge in [0.1, 0.15) is 11.4 Å². The zero-order chi connectivity index (χ0) is 23.5. The van der Waals surface area contributed by atoms with E-state index in [1.165, 1.54) is 11.8 Å². The number of hydrogen-bond donors (Lipinski definition) is 0. The van der Waals surface area contributed by atoms with Crippen LogP contribution >= 0.6 is 0 Å². The molecule has 0 atom stereocenters. The average Bonchev–Trinajstić information content (AvgIpc) is 2.97. The molecule has 174 valence electrons. The molecular formula is C23H31N3O6. The van der Waals surface area contributed by atoms with Crippen LogP contribution in [0.1, 0.15) is 50.9 Å². The minimum absolute atomic E-state index is 0.0837. The molecule has 3 amide bonds. The fourth-order valence-electron chi connectivity index (χ4n) is 3.71. The molecule has 0 saturated carbocycles. The van der Waals surface area contributed by atoms with Gasteiger partial charge in [-0.25, -0.2) is 4.79 Å². The van der Waals surface area contributed by atoms with E-state index in [2.05, 4.69) is 0 Å². The summed E-state index contributed by atoms with van der Waals surface area (Å²) < 4.78 is 10.9. The van der Waals surface area contributed by atoms with E-state index in [-0.39, 0.29) is 43.3 Å². The summed E-state index contributed by atoms with van der Waals surface area (Å²) in [5.74, 6) is 0.0725. The second kappa shape index (κ2) is 9.58. The van der Waals surface area contributed by atoms with Gasteiger partial charge in [-0.3, -0.25) is 14.4 Å². The van der Waals surface area contributed by atoms with Gasteiger partial charge in [0.05, 0.1) is 5.69 Å². The second-order valence-electron chi connectivity index (χ2n) is 9.02. The minimum Gasteiger partial charge on any atom is -0.482 e.